The van der Waals surface area contributed by atoms with Crippen LogP contribution >= 0.6 is 11.3 Å². The third-order valence-electron chi connectivity index (χ3n) is 5.55. The van der Waals surface area contributed by atoms with E-state index in [0.717, 1.165) is 23.9 Å². The SMILES string of the molecule is O=c1c2ccccc2c(CC2OCCCO2)nn1Cc1nc(-c2ccc(C(F)(F)F)cc2)cs1. The van der Waals surface area contributed by atoms with Crippen LogP contribution < -0.4 is 5.56 Å². The van der Waals surface area contributed by atoms with Crippen LogP contribution in [-0.4, -0.2) is 34.3 Å². The Morgan fingerprint density at radius 3 is 2.44 bits per heavy atom. The van der Waals surface area contributed by atoms with Gasteiger partial charge in [0.1, 0.15) is 5.01 Å². The third-order valence-corrected chi connectivity index (χ3v) is 6.38. The summed E-state index contributed by atoms with van der Waals surface area (Å²) in [6.07, 6.45) is -3.55. The summed E-state index contributed by atoms with van der Waals surface area (Å²) in [5, 5.41) is 8.28. The number of ether oxygens (including phenoxy) is 2. The van der Waals surface area contributed by atoms with Crippen LogP contribution in [0.25, 0.3) is 22.0 Å². The average Bonchev–Trinajstić information content (AvgIpc) is 3.31. The molecule has 5 rings (SSSR count). The molecule has 1 aliphatic rings. The highest BCUT2D eigenvalue weighted by atomic mass is 32.1. The monoisotopic (exact) mass is 487 g/mol. The fourth-order valence-corrected chi connectivity index (χ4v) is 4.63. The van der Waals surface area contributed by atoms with Gasteiger partial charge in [0.25, 0.3) is 5.56 Å². The first-order valence-corrected chi connectivity index (χ1v) is 11.6. The first kappa shape index (κ1) is 22.7. The van der Waals surface area contributed by atoms with Crippen molar-refractivity contribution in [2.75, 3.05) is 13.2 Å². The molecule has 10 heteroatoms. The first-order chi connectivity index (χ1) is 16.4. The Bertz CT molecular complexity index is 1360. The molecule has 4 aromatic rings. The molecule has 0 atom stereocenters. The fraction of sp³-hybridized carbons (Fsp3) is 0.292. The predicted octanol–water partition coefficient (Wildman–Crippen LogP) is 4.89. The Morgan fingerprint density at radius 1 is 1.03 bits per heavy atom. The molecule has 3 heterocycles. The van der Waals surface area contributed by atoms with Crippen LogP contribution in [-0.2, 0) is 28.6 Å². The number of thiazole rings is 1. The van der Waals surface area contributed by atoms with Gasteiger partial charge in [-0.05, 0) is 24.6 Å². The fourth-order valence-electron chi connectivity index (χ4n) is 3.85. The molecule has 0 radical (unpaired) electrons. The smallest absolute Gasteiger partial charge is 0.352 e. The number of aromatic nitrogens is 3. The Balaban J connectivity index is 1.43. The molecule has 0 amide bonds. The van der Waals surface area contributed by atoms with Crippen molar-refractivity contribution in [2.24, 2.45) is 0 Å². The maximum Gasteiger partial charge on any atom is 0.416 e. The quantitative estimate of drug-likeness (QED) is 0.401. The van der Waals surface area contributed by atoms with Crippen molar-refractivity contribution < 1.29 is 22.6 Å². The summed E-state index contributed by atoms with van der Waals surface area (Å²) >= 11 is 1.32. The molecule has 0 aliphatic carbocycles. The zero-order chi connectivity index (χ0) is 23.7. The Morgan fingerprint density at radius 2 is 1.74 bits per heavy atom. The largest absolute Gasteiger partial charge is 0.416 e. The summed E-state index contributed by atoms with van der Waals surface area (Å²) < 4.78 is 51.2. The number of hydrogen-bond donors (Lipinski definition) is 0. The van der Waals surface area contributed by atoms with Gasteiger partial charge in [0.15, 0.2) is 6.29 Å². The summed E-state index contributed by atoms with van der Waals surface area (Å²) in [6, 6.07) is 12.1. The van der Waals surface area contributed by atoms with Crippen molar-refractivity contribution in [2.45, 2.75) is 31.9 Å². The number of rotatable bonds is 5. The van der Waals surface area contributed by atoms with Gasteiger partial charge in [-0.25, -0.2) is 9.67 Å². The Kier molecular flexibility index (Phi) is 6.20. The molecule has 1 fully saturated rings. The van der Waals surface area contributed by atoms with E-state index in [9.17, 15) is 18.0 Å². The molecule has 1 saturated heterocycles. The summed E-state index contributed by atoms with van der Waals surface area (Å²) in [5.74, 6) is 0. The lowest BCUT2D eigenvalue weighted by Gasteiger charge is -2.23. The van der Waals surface area contributed by atoms with E-state index in [2.05, 4.69) is 10.1 Å². The van der Waals surface area contributed by atoms with Crippen molar-refractivity contribution in [3.05, 3.63) is 80.5 Å². The predicted molar refractivity (Wildman–Crippen MR) is 122 cm³/mol. The van der Waals surface area contributed by atoms with E-state index in [1.165, 1.54) is 28.2 Å². The van der Waals surface area contributed by atoms with Gasteiger partial charge in [-0.1, -0.05) is 30.3 Å². The molecule has 0 bridgehead atoms. The second kappa shape index (κ2) is 9.28. The van der Waals surface area contributed by atoms with Gasteiger partial charge in [0, 0.05) is 22.8 Å². The minimum Gasteiger partial charge on any atom is -0.352 e. The second-order valence-corrected chi connectivity index (χ2v) is 8.83. The van der Waals surface area contributed by atoms with Gasteiger partial charge >= 0.3 is 6.18 Å². The van der Waals surface area contributed by atoms with Crippen molar-refractivity contribution in [1.82, 2.24) is 14.8 Å². The minimum atomic E-state index is -4.39. The zero-order valence-electron chi connectivity index (χ0n) is 17.9. The number of fused-ring (bicyclic) bond motifs is 1. The molecule has 1 aliphatic heterocycles. The van der Waals surface area contributed by atoms with Gasteiger partial charge in [-0.3, -0.25) is 4.79 Å². The molecule has 0 N–H and O–H groups in total. The first-order valence-electron chi connectivity index (χ1n) is 10.7. The molecule has 176 valence electrons. The highest BCUT2D eigenvalue weighted by molar-refractivity contribution is 7.09. The van der Waals surface area contributed by atoms with Crippen LogP contribution in [0.5, 0.6) is 0 Å². The van der Waals surface area contributed by atoms with Crippen LogP contribution in [0.15, 0.2) is 58.7 Å². The molecule has 2 aromatic carbocycles. The lowest BCUT2D eigenvalue weighted by molar-refractivity contribution is -0.177. The van der Waals surface area contributed by atoms with E-state index in [4.69, 9.17) is 9.47 Å². The van der Waals surface area contributed by atoms with Crippen LogP contribution in [0.1, 0.15) is 22.7 Å². The van der Waals surface area contributed by atoms with Crippen molar-refractivity contribution in [3.8, 4) is 11.3 Å². The second-order valence-electron chi connectivity index (χ2n) is 7.89. The van der Waals surface area contributed by atoms with Crippen LogP contribution in [0.3, 0.4) is 0 Å². The molecular formula is C24H20F3N3O3S. The van der Waals surface area contributed by atoms with Gasteiger partial charge < -0.3 is 9.47 Å². The molecule has 6 nitrogen and oxygen atoms in total. The van der Waals surface area contributed by atoms with E-state index in [1.54, 1.807) is 17.5 Å². The van der Waals surface area contributed by atoms with Crippen LogP contribution in [0.2, 0.25) is 0 Å². The lowest BCUT2D eigenvalue weighted by atomic mass is 10.1. The minimum absolute atomic E-state index is 0.147. The summed E-state index contributed by atoms with van der Waals surface area (Å²) in [4.78, 5) is 17.6. The average molecular weight is 488 g/mol. The van der Waals surface area contributed by atoms with Gasteiger partial charge in [-0.15, -0.1) is 11.3 Å². The summed E-state index contributed by atoms with van der Waals surface area (Å²) in [6.45, 7) is 1.39. The van der Waals surface area contributed by atoms with E-state index in [1.807, 2.05) is 12.1 Å². The number of hydrogen-bond acceptors (Lipinski definition) is 6. The van der Waals surface area contributed by atoms with E-state index in [0.29, 0.717) is 47.0 Å². The molecule has 2 aromatic heterocycles. The molecule has 0 saturated carbocycles. The van der Waals surface area contributed by atoms with Crippen molar-refractivity contribution >= 4 is 22.1 Å². The third kappa shape index (κ3) is 4.75. The highest BCUT2D eigenvalue weighted by Gasteiger charge is 2.30. The van der Waals surface area contributed by atoms with Crippen LogP contribution in [0, 0.1) is 0 Å². The number of benzene rings is 2. The van der Waals surface area contributed by atoms with E-state index >= 15 is 0 Å². The maximum atomic E-state index is 13.1. The standard InChI is InChI=1S/C24H20F3N3O3S/c25-24(26,27)16-8-6-15(7-9-16)20-14-34-21(28-20)13-30-23(31)18-5-2-1-4-17(18)19(29-30)12-22-32-10-3-11-33-22/h1-2,4-9,14,22H,3,10-13H2. The Labute approximate surface area is 196 Å². The van der Waals surface area contributed by atoms with Crippen molar-refractivity contribution in [1.29, 1.82) is 0 Å². The van der Waals surface area contributed by atoms with Crippen molar-refractivity contribution in [3.63, 3.8) is 0 Å². The molecule has 0 unspecified atom stereocenters. The van der Waals surface area contributed by atoms with Gasteiger partial charge in [0.2, 0.25) is 0 Å². The van der Waals surface area contributed by atoms with Gasteiger partial charge in [0.05, 0.1) is 42.1 Å². The number of halogens is 3. The summed E-state index contributed by atoms with van der Waals surface area (Å²) in [7, 11) is 0. The van der Waals surface area contributed by atoms with Gasteiger partial charge in [-0.2, -0.15) is 18.3 Å². The van der Waals surface area contributed by atoms with E-state index < -0.39 is 18.0 Å². The summed E-state index contributed by atoms with van der Waals surface area (Å²) in [5.41, 5.74) is 0.864. The van der Waals surface area contributed by atoms with Crippen LogP contribution in [0.4, 0.5) is 13.2 Å². The molecule has 0 spiro atoms. The zero-order valence-corrected chi connectivity index (χ0v) is 18.7. The number of nitrogens with zero attached hydrogens (tertiary/aromatic N) is 3. The molecular weight excluding hydrogens is 467 g/mol. The highest BCUT2D eigenvalue weighted by Crippen LogP contribution is 2.31. The van der Waals surface area contributed by atoms with E-state index in [-0.39, 0.29) is 12.1 Å². The molecule has 34 heavy (non-hydrogen) atoms. The normalized spacial score (nSPS) is 15.1. The maximum absolute atomic E-state index is 13.1. The topological polar surface area (TPSA) is 66.2 Å². The number of alkyl halides is 3. The Hall–Kier alpha value is -3.08. The lowest BCUT2D eigenvalue weighted by Crippen LogP contribution is -2.30.